The van der Waals surface area contributed by atoms with Crippen molar-refractivity contribution in [1.29, 1.82) is 0 Å². The molecule has 0 amide bonds. The number of nitrogens with zero attached hydrogens (tertiary/aromatic N) is 13. The average molecular weight is 762 g/mol. The van der Waals surface area contributed by atoms with Gasteiger partial charge in [0.15, 0.2) is 34.0 Å². The van der Waals surface area contributed by atoms with Crippen molar-refractivity contribution in [2.45, 2.75) is 40.9 Å². The lowest BCUT2D eigenvalue weighted by atomic mass is 10.3. The third-order valence-corrected chi connectivity index (χ3v) is 8.61. The van der Waals surface area contributed by atoms with E-state index >= 15 is 0 Å². The van der Waals surface area contributed by atoms with Crippen molar-refractivity contribution in [3.63, 3.8) is 0 Å². The third kappa shape index (κ3) is 7.55. The van der Waals surface area contributed by atoms with Gasteiger partial charge in [-0.2, -0.15) is 30.1 Å². The lowest BCUT2D eigenvalue weighted by Crippen LogP contribution is -2.11. The van der Waals surface area contributed by atoms with Gasteiger partial charge in [-0.1, -0.05) is 23.2 Å². The minimum Gasteiger partial charge on any atom is -0.329 e. The molecule has 8 aromatic rings. The maximum atomic E-state index is 7.15. The number of hydrogen-bond acceptors (Lipinski definition) is 11. The minimum atomic E-state index is 0.129. The Morgan fingerprint density at radius 1 is 0.667 bits per heavy atom. The van der Waals surface area contributed by atoms with Crippen molar-refractivity contribution in [3.8, 4) is 11.6 Å². The molecule has 8 rings (SSSR count). The van der Waals surface area contributed by atoms with Gasteiger partial charge < -0.3 is 20.9 Å². The predicted molar refractivity (Wildman–Crippen MR) is 209 cm³/mol. The molecule has 0 spiro atoms. The Morgan fingerprint density at radius 3 is 1.52 bits per heavy atom. The Bertz CT molecular complexity index is 2630. The standard InChI is InChI=1S/C18H15ClN8.C18H19ClN8/c1-11-8-12(2)27(25-11)17-15-16(26(9-20-3)10-21-15)23-18(24-17)22-14-6-4-13(19)5-7-14;1-11-9-12(2)27(25-11)17-15-16(26(8-7-20)10-21-15)23-18(24-17)22-14-5-3-13(19)4-6-14/h4-8,10H,9H2,1-2H3,(H,22,23,24);3-6,9-10H,7-8,20H2,1-2H3,(H,22,23,24). The van der Waals surface area contributed by atoms with Gasteiger partial charge in [-0.15, -0.1) is 0 Å². The molecule has 2 aromatic carbocycles. The number of aromatic nitrogens is 12. The first-order chi connectivity index (χ1) is 26.1. The summed E-state index contributed by atoms with van der Waals surface area (Å²) in [4.78, 5) is 30.8. The molecule has 6 heterocycles. The van der Waals surface area contributed by atoms with Crippen LogP contribution in [0.2, 0.25) is 10.0 Å². The van der Waals surface area contributed by atoms with Gasteiger partial charge in [-0.3, -0.25) is 4.85 Å². The molecule has 0 bridgehead atoms. The zero-order chi connectivity index (χ0) is 37.9. The first kappa shape index (κ1) is 36.0. The number of nitrogens with two attached hydrogens (primary N) is 1. The quantitative estimate of drug-likeness (QED) is 0.131. The number of fused-ring (bicyclic) bond motifs is 2. The third-order valence-electron chi connectivity index (χ3n) is 8.11. The van der Waals surface area contributed by atoms with Gasteiger partial charge in [0.25, 0.3) is 6.67 Å². The van der Waals surface area contributed by atoms with E-state index in [9.17, 15) is 0 Å². The molecule has 4 N–H and O–H groups in total. The highest BCUT2D eigenvalue weighted by Gasteiger charge is 2.19. The summed E-state index contributed by atoms with van der Waals surface area (Å²) in [5.74, 6) is 2.02. The molecule has 0 aliphatic rings. The van der Waals surface area contributed by atoms with Crippen molar-refractivity contribution in [1.82, 2.24) is 58.6 Å². The number of benzene rings is 2. The molecule has 272 valence electrons. The van der Waals surface area contributed by atoms with Crippen molar-refractivity contribution in [2.75, 3.05) is 17.2 Å². The Hall–Kier alpha value is -6.41. The fourth-order valence-electron chi connectivity index (χ4n) is 5.76. The molecule has 16 nitrogen and oxygen atoms in total. The molecular formula is C36H34Cl2N16. The smallest absolute Gasteiger partial charge is 0.295 e. The van der Waals surface area contributed by atoms with E-state index in [-0.39, 0.29) is 6.67 Å². The lowest BCUT2D eigenvalue weighted by molar-refractivity contribution is 0.721. The largest absolute Gasteiger partial charge is 0.329 e. The summed E-state index contributed by atoms with van der Waals surface area (Å²) in [5.41, 5.74) is 13.6. The van der Waals surface area contributed by atoms with Crippen LogP contribution in [-0.4, -0.2) is 65.1 Å². The van der Waals surface area contributed by atoms with Crippen molar-refractivity contribution in [2.24, 2.45) is 5.73 Å². The molecule has 0 saturated carbocycles. The van der Waals surface area contributed by atoms with Crippen LogP contribution in [0.1, 0.15) is 22.8 Å². The molecule has 54 heavy (non-hydrogen) atoms. The van der Waals surface area contributed by atoms with Crippen LogP contribution in [0.15, 0.2) is 73.3 Å². The van der Waals surface area contributed by atoms with E-state index in [0.717, 1.165) is 34.2 Å². The van der Waals surface area contributed by atoms with E-state index in [2.05, 4.69) is 55.6 Å². The fraction of sp³-hybridized carbons (Fsp3) is 0.194. The first-order valence-corrected chi connectivity index (χ1v) is 17.5. The summed E-state index contributed by atoms with van der Waals surface area (Å²) < 4.78 is 7.12. The molecule has 6 aromatic heterocycles. The highest BCUT2D eigenvalue weighted by Crippen LogP contribution is 2.26. The summed E-state index contributed by atoms with van der Waals surface area (Å²) in [7, 11) is 0. The number of nitrogens with one attached hydrogen (secondary N) is 2. The number of hydrogen-bond donors (Lipinski definition) is 3. The fourth-order valence-corrected chi connectivity index (χ4v) is 6.01. The van der Waals surface area contributed by atoms with Crippen LogP contribution in [0.25, 0.3) is 38.8 Å². The van der Waals surface area contributed by atoms with E-state index in [1.54, 1.807) is 38.7 Å². The molecule has 0 radical (unpaired) electrons. The number of aryl methyl sites for hydroxylation is 4. The second-order valence-corrected chi connectivity index (χ2v) is 13.1. The lowest BCUT2D eigenvalue weighted by Gasteiger charge is -2.10. The van der Waals surface area contributed by atoms with Gasteiger partial charge in [0, 0.05) is 45.9 Å². The summed E-state index contributed by atoms with van der Waals surface area (Å²) >= 11 is 11.9. The molecular weight excluding hydrogens is 727 g/mol. The zero-order valence-corrected chi connectivity index (χ0v) is 31.2. The SMILES string of the molecule is Cc1cc(C)n(-c2nc(Nc3ccc(Cl)cc3)nc3c2ncn3CCN)n1.[C-]#[N+]Cn1cnc2c(-n3nc(C)cc3C)nc(Nc3ccc(Cl)cc3)nc21. The monoisotopic (exact) mass is 760 g/mol. The maximum absolute atomic E-state index is 7.15. The van der Waals surface area contributed by atoms with E-state index in [1.807, 2.05) is 80.8 Å². The molecule has 0 aliphatic carbocycles. The first-order valence-electron chi connectivity index (χ1n) is 16.7. The van der Waals surface area contributed by atoms with Crippen LogP contribution in [0.5, 0.6) is 0 Å². The van der Waals surface area contributed by atoms with Gasteiger partial charge in [-0.05, 0) is 88.4 Å². The van der Waals surface area contributed by atoms with Crippen molar-refractivity contribution in [3.05, 3.63) is 118 Å². The zero-order valence-electron chi connectivity index (χ0n) is 29.7. The molecule has 18 heteroatoms. The van der Waals surface area contributed by atoms with E-state index in [0.29, 0.717) is 69.0 Å². The van der Waals surface area contributed by atoms with Gasteiger partial charge in [0.1, 0.15) is 6.33 Å². The molecule has 0 unspecified atom stereocenters. The second-order valence-electron chi connectivity index (χ2n) is 12.3. The molecule has 0 saturated heterocycles. The topological polar surface area (TPSA) is 177 Å². The Kier molecular flexibility index (Phi) is 10.2. The second kappa shape index (κ2) is 15.3. The minimum absolute atomic E-state index is 0.129. The van der Waals surface area contributed by atoms with Crippen LogP contribution in [0.3, 0.4) is 0 Å². The summed E-state index contributed by atoms with van der Waals surface area (Å²) in [6, 6.07) is 18.6. The summed E-state index contributed by atoms with van der Waals surface area (Å²) in [5, 5.41) is 16.8. The van der Waals surface area contributed by atoms with E-state index in [4.69, 9.17) is 35.5 Å². The van der Waals surface area contributed by atoms with Crippen molar-refractivity contribution < 1.29 is 0 Å². The van der Waals surface area contributed by atoms with Crippen molar-refractivity contribution >= 4 is 68.8 Å². The van der Waals surface area contributed by atoms with Gasteiger partial charge >= 0.3 is 0 Å². The highest BCUT2D eigenvalue weighted by atomic mass is 35.5. The number of rotatable bonds is 9. The van der Waals surface area contributed by atoms with Crippen LogP contribution >= 0.6 is 23.2 Å². The predicted octanol–water partition coefficient (Wildman–Crippen LogP) is 6.89. The average Bonchev–Trinajstić information content (AvgIpc) is 3.92. The highest BCUT2D eigenvalue weighted by molar-refractivity contribution is 6.30. The number of anilines is 4. The Morgan fingerprint density at radius 2 is 1.11 bits per heavy atom. The number of imidazole rings is 2. The maximum Gasteiger partial charge on any atom is 0.295 e. The Balaban J connectivity index is 0.000000167. The van der Waals surface area contributed by atoms with Gasteiger partial charge in [0.2, 0.25) is 11.9 Å². The van der Waals surface area contributed by atoms with Crippen LogP contribution in [-0.2, 0) is 13.2 Å². The summed E-state index contributed by atoms with van der Waals surface area (Å²) in [6.07, 6.45) is 3.33. The van der Waals surface area contributed by atoms with E-state index in [1.165, 1.54) is 0 Å². The number of halogens is 2. The van der Waals surface area contributed by atoms with Gasteiger partial charge in [-0.25, -0.2) is 30.5 Å². The Labute approximate surface area is 319 Å². The van der Waals surface area contributed by atoms with Crippen LogP contribution < -0.4 is 16.4 Å². The normalized spacial score (nSPS) is 11.1. The van der Waals surface area contributed by atoms with Gasteiger partial charge in [0.05, 0.1) is 17.7 Å². The van der Waals surface area contributed by atoms with E-state index < -0.39 is 0 Å². The molecule has 0 atom stereocenters. The summed E-state index contributed by atoms with van der Waals surface area (Å²) in [6.45, 7) is 16.2. The molecule has 0 aliphatic heterocycles. The molecule has 0 fully saturated rings. The van der Waals surface area contributed by atoms with Crippen LogP contribution in [0.4, 0.5) is 23.3 Å². The van der Waals surface area contributed by atoms with Crippen LogP contribution in [0, 0.1) is 34.3 Å².